The van der Waals surface area contributed by atoms with Crippen LogP contribution in [-0.2, 0) is 20.8 Å². The van der Waals surface area contributed by atoms with Crippen molar-refractivity contribution in [2.24, 2.45) is 17.8 Å². The Hall–Kier alpha value is -3.15. The highest BCUT2D eigenvalue weighted by Crippen LogP contribution is 2.39. The fourth-order valence-corrected chi connectivity index (χ4v) is 3.54. The average molecular weight is 395 g/mol. The van der Waals surface area contributed by atoms with Crippen LogP contribution in [-0.4, -0.2) is 34.1 Å². The van der Waals surface area contributed by atoms with Crippen molar-refractivity contribution in [1.82, 2.24) is 5.32 Å². The lowest BCUT2D eigenvalue weighted by molar-refractivity contribution is -0.141. The Morgan fingerprint density at radius 3 is 2.14 bits per heavy atom. The Morgan fingerprint density at radius 1 is 0.966 bits per heavy atom. The fraction of sp³-hybridized carbons (Fsp3) is 0.348. The third kappa shape index (κ3) is 5.44. The van der Waals surface area contributed by atoms with E-state index in [0.29, 0.717) is 12.8 Å². The monoisotopic (exact) mass is 395 g/mol. The zero-order valence-corrected chi connectivity index (χ0v) is 16.2. The summed E-state index contributed by atoms with van der Waals surface area (Å²) >= 11 is 0. The van der Waals surface area contributed by atoms with E-state index in [1.54, 1.807) is 6.92 Å². The molecule has 0 spiro atoms. The number of aliphatic carboxylic acids is 2. The number of rotatable bonds is 9. The standard InChI is InChI=1S/C23H25NO5/c1-14(22(26)27)11-18(24-21(25)19-13-20(19)23(28)29)12-15-7-9-17(10-8-15)16-5-3-2-4-6-16/h2-10,14,18-20H,11-13H2,1H3,(H,24,25)(H,26,27)(H,28,29)/t14-,18+,19-,20-/m1/s1. The van der Waals surface area contributed by atoms with Gasteiger partial charge in [-0.25, -0.2) is 0 Å². The molecule has 4 atom stereocenters. The van der Waals surface area contributed by atoms with Gasteiger partial charge >= 0.3 is 11.9 Å². The molecular weight excluding hydrogens is 370 g/mol. The van der Waals surface area contributed by atoms with E-state index in [2.05, 4.69) is 5.32 Å². The second-order valence-corrected chi connectivity index (χ2v) is 7.73. The molecule has 1 aliphatic rings. The molecule has 0 saturated heterocycles. The van der Waals surface area contributed by atoms with Gasteiger partial charge < -0.3 is 15.5 Å². The molecule has 3 rings (SSSR count). The van der Waals surface area contributed by atoms with E-state index in [0.717, 1.165) is 16.7 Å². The lowest BCUT2D eigenvalue weighted by Gasteiger charge is -2.21. The van der Waals surface area contributed by atoms with Crippen LogP contribution in [0.1, 0.15) is 25.3 Å². The van der Waals surface area contributed by atoms with Gasteiger partial charge in [-0.2, -0.15) is 0 Å². The molecule has 0 aromatic heterocycles. The number of amides is 1. The topological polar surface area (TPSA) is 104 Å². The fourth-order valence-electron chi connectivity index (χ4n) is 3.54. The van der Waals surface area contributed by atoms with Gasteiger partial charge in [-0.1, -0.05) is 61.5 Å². The maximum absolute atomic E-state index is 12.4. The molecule has 2 aromatic carbocycles. The second-order valence-electron chi connectivity index (χ2n) is 7.73. The number of hydrogen-bond acceptors (Lipinski definition) is 3. The minimum atomic E-state index is -0.961. The molecule has 1 amide bonds. The van der Waals surface area contributed by atoms with Gasteiger partial charge in [-0.15, -0.1) is 0 Å². The largest absolute Gasteiger partial charge is 0.481 e. The first-order chi connectivity index (χ1) is 13.8. The molecule has 0 aliphatic heterocycles. The van der Waals surface area contributed by atoms with Crippen LogP contribution < -0.4 is 5.32 Å². The third-order valence-electron chi connectivity index (χ3n) is 5.39. The van der Waals surface area contributed by atoms with Crippen LogP contribution in [0.15, 0.2) is 54.6 Å². The molecule has 1 saturated carbocycles. The van der Waals surface area contributed by atoms with Crippen molar-refractivity contribution in [2.75, 3.05) is 0 Å². The van der Waals surface area contributed by atoms with E-state index in [9.17, 15) is 19.5 Å². The van der Waals surface area contributed by atoms with Crippen molar-refractivity contribution in [1.29, 1.82) is 0 Å². The van der Waals surface area contributed by atoms with E-state index >= 15 is 0 Å². The van der Waals surface area contributed by atoms with Gasteiger partial charge in [0.25, 0.3) is 0 Å². The predicted octanol–water partition coefficient (Wildman–Crippen LogP) is 3.21. The quantitative estimate of drug-likeness (QED) is 0.605. The van der Waals surface area contributed by atoms with Crippen molar-refractivity contribution in [3.8, 4) is 11.1 Å². The molecule has 29 heavy (non-hydrogen) atoms. The van der Waals surface area contributed by atoms with E-state index in [1.807, 2.05) is 54.6 Å². The van der Waals surface area contributed by atoms with Crippen LogP contribution in [0.4, 0.5) is 0 Å². The molecular formula is C23H25NO5. The molecule has 0 unspecified atom stereocenters. The molecule has 6 heteroatoms. The van der Waals surface area contributed by atoms with Crippen LogP contribution in [0.25, 0.3) is 11.1 Å². The van der Waals surface area contributed by atoms with Gasteiger partial charge in [-0.3, -0.25) is 14.4 Å². The van der Waals surface area contributed by atoms with Gasteiger partial charge in [-0.05, 0) is 36.0 Å². The first-order valence-electron chi connectivity index (χ1n) is 9.75. The van der Waals surface area contributed by atoms with Crippen molar-refractivity contribution in [2.45, 2.75) is 32.2 Å². The molecule has 1 fully saturated rings. The van der Waals surface area contributed by atoms with E-state index < -0.39 is 29.7 Å². The molecule has 6 nitrogen and oxygen atoms in total. The van der Waals surface area contributed by atoms with Crippen molar-refractivity contribution >= 4 is 17.8 Å². The van der Waals surface area contributed by atoms with Crippen molar-refractivity contribution in [3.05, 3.63) is 60.2 Å². The summed E-state index contributed by atoms with van der Waals surface area (Å²) in [5.41, 5.74) is 3.17. The number of benzene rings is 2. The van der Waals surface area contributed by atoms with E-state index in [4.69, 9.17) is 5.11 Å². The average Bonchev–Trinajstić information content (AvgIpc) is 3.50. The summed E-state index contributed by atoms with van der Waals surface area (Å²) in [6.45, 7) is 1.61. The van der Waals surface area contributed by atoms with Crippen LogP contribution in [0, 0.1) is 17.8 Å². The Bertz CT molecular complexity index is 878. The van der Waals surface area contributed by atoms with Crippen molar-refractivity contribution in [3.63, 3.8) is 0 Å². The van der Waals surface area contributed by atoms with Crippen LogP contribution in [0.5, 0.6) is 0 Å². The second kappa shape index (κ2) is 8.90. The zero-order valence-electron chi connectivity index (χ0n) is 16.2. The maximum atomic E-state index is 12.4. The van der Waals surface area contributed by atoms with E-state index in [1.165, 1.54) is 0 Å². The first kappa shape index (κ1) is 20.6. The Kier molecular flexibility index (Phi) is 6.32. The molecule has 0 heterocycles. The number of carbonyl (C=O) groups is 3. The van der Waals surface area contributed by atoms with Gasteiger partial charge in [0.15, 0.2) is 0 Å². The normalized spacial score (nSPS) is 19.8. The maximum Gasteiger partial charge on any atom is 0.307 e. The Morgan fingerprint density at radius 2 is 1.59 bits per heavy atom. The Balaban J connectivity index is 1.68. The molecule has 0 bridgehead atoms. The molecule has 3 N–H and O–H groups in total. The summed E-state index contributed by atoms with van der Waals surface area (Å²) in [7, 11) is 0. The van der Waals surface area contributed by atoms with Gasteiger partial charge in [0.05, 0.1) is 17.8 Å². The minimum Gasteiger partial charge on any atom is -0.481 e. The van der Waals surface area contributed by atoms with Gasteiger partial charge in [0.1, 0.15) is 0 Å². The highest BCUT2D eigenvalue weighted by molar-refractivity contribution is 5.89. The summed E-state index contributed by atoms with van der Waals surface area (Å²) in [5, 5.41) is 21.1. The smallest absolute Gasteiger partial charge is 0.307 e. The van der Waals surface area contributed by atoms with Crippen molar-refractivity contribution < 1.29 is 24.6 Å². The summed E-state index contributed by atoms with van der Waals surface area (Å²) < 4.78 is 0. The third-order valence-corrected chi connectivity index (χ3v) is 5.39. The number of hydrogen-bond donors (Lipinski definition) is 3. The highest BCUT2D eigenvalue weighted by atomic mass is 16.4. The summed E-state index contributed by atoms with van der Waals surface area (Å²) in [6.07, 6.45) is 1.11. The number of carbonyl (C=O) groups excluding carboxylic acids is 1. The molecule has 152 valence electrons. The van der Waals surface area contributed by atoms with Crippen LogP contribution in [0.3, 0.4) is 0 Å². The number of nitrogens with one attached hydrogen (secondary N) is 1. The van der Waals surface area contributed by atoms with Crippen LogP contribution >= 0.6 is 0 Å². The molecule has 2 aromatic rings. The predicted molar refractivity (Wildman–Crippen MR) is 108 cm³/mol. The SMILES string of the molecule is C[C@H](C[C@@H](Cc1ccc(-c2ccccc2)cc1)NC(=O)[C@@H]1C[C@H]1C(=O)O)C(=O)O. The summed E-state index contributed by atoms with van der Waals surface area (Å²) in [4.78, 5) is 34.7. The van der Waals surface area contributed by atoms with Gasteiger partial charge in [0.2, 0.25) is 5.91 Å². The number of carboxylic acid groups (broad SMARTS) is 2. The Labute approximate surface area is 169 Å². The molecule has 1 aliphatic carbocycles. The highest BCUT2D eigenvalue weighted by Gasteiger charge is 2.48. The first-order valence-corrected chi connectivity index (χ1v) is 9.75. The van der Waals surface area contributed by atoms with Gasteiger partial charge in [0, 0.05) is 6.04 Å². The molecule has 0 radical (unpaired) electrons. The minimum absolute atomic E-state index is 0.284. The summed E-state index contributed by atoms with van der Waals surface area (Å²) in [5.74, 6) is -3.94. The lowest BCUT2D eigenvalue weighted by Crippen LogP contribution is -2.40. The zero-order chi connectivity index (χ0) is 21.0. The van der Waals surface area contributed by atoms with Crippen LogP contribution in [0.2, 0.25) is 0 Å². The lowest BCUT2D eigenvalue weighted by atomic mass is 9.94. The van der Waals surface area contributed by atoms with E-state index in [-0.39, 0.29) is 18.4 Å². The number of carboxylic acids is 2. The summed E-state index contributed by atoms with van der Waals surface area (Å²) in [6, 6.07) is 17.6.